The number of carbonyl (C=O) groups is 4. The van der Waals surface area contributed by atoms with E-state index in [2.05, 4.69) is 23.8 Å². The van der Waals surface area contributed by atoms with Gasteiger partial charge >= 0.3 is 24.1 Å². The van der Waals surface area contributed by atoms with Crippen LogP contribution in [0, 0.1) is 6.92 Å². The van der Waals surface area contributed by atoms with Crippen molar-refractivity contribution < 1.29 is 38.1 Å². The molecule has 10 heteroatoms. The van der Waals surface area contributed by atoms with Crippen LogP contribution in [0.25, 0.3) is 0 Å². The Hall–Kier alpha value is -3.82. The fraction of sp³-hybridized carbons (Fsp3) is 0.333. The van der Waals surface area contributed by atoms with E-state index in [1.54, 1.807) is 25.1 Å². The molecule has 2 amide bonds. The molecule has 0 atom stereocenters. The average molecular weight is 434 g/mol. The van der Waals surface area contributed by atoms with Crippen molar-refractivity contribution in [3.05, 3.63) is 48.1 Å². The molecule has 0 radical (unpaired) electrons. The van der Waals surface area contributed by atoms with E-state index in [-0.39, 0.29) is 37.6 Å². The van der Waals surface area contributed by atoms with E-state index in [0.29, 0.717) is 16.9 Å². The standard InChI is InChI=1S/C21H26N2O8/c1-13(2)18(24)28-8-10-30-20(26)22-16-6-7-17(15(5)12-16)23-21(27)31-11-9-29-19(25)14(3)4/h6-7,12H,1,3,8-11H2,2,4-5H3,(H,22,26)(H,23,27). The minimum absolute atomic E-state index is 0.0878. The van der Waals surface area contributed by atoms with Gasteiger partial charge in [0, 0.05) is 22.5 Å². The van der Waals surface area contributed by atoms with Crippen LogP contribution in [0.2, 0.25) is 0 Å². The number of benzene rings is 1. The Balaban J connectivity index is 2.39. The van der Waals surface area contributed by atoms with Crippen molar-refractivity contribution in [3.8, 4) is 0 Å². The summed E-state index contributed by atoms with van der Waals surface area (Å²) in [6, 6.07) is 4.74. The Kier molecular flexibility index (Phi) is 10.3. The third-order valence-electron chi connectivity index (χ3n) is 3.51. The minimum Gasteiger partial charge on any atom is -0.459 e. The molecule has 1 rings (SSSR count). The number of aryl methyl sites for hydroxylation is 1. The van der Waals surface area contributed by atoms with Crippen LogP contribution in [0.15, 0.2) is 42.5 Å². The molecule has 1 aromatic carbocycles. The van der Waals surface area contributed by atoms with Gasteiger partial charge in [-0.05, 0) is 44.5 Å². The smallest absolute Gasteiger partial charge is 0.411 e. The van der Waals surface area contributed by atoms with Crippen LogP contribution < -0.4 is 10.6 Å². The normalized spacial score (nSPS) is 9.77. The molecule has 0 fully saturated rings. The first-order valence-corrected chi connectivity index (χ1v) is 9.23. The fourth-order valence-corrected chi connectivity index (χ4v) is 1.97. The zero-order valence-electron chi connectivity index (χ0n) is 17.7. The highest BCUT2D eigenvalue weighted by Gasteiger charge is 2.10. The lowest BCUT2D eigenvalue weighted by Crippen LogP contribution is -2.19. The van der Waals surface area contributed by atoms with Crippen molar-refractivity contribution in [2.75, 3.05) is 37.1 Å². The lowest BCUT2D eigenvalue weighted by atomic mass is 10.2. The molecule has 31 heavy (non-hydrogen) atoms. The summed E-state index contributed by atoms with van der Waals surface area (Å²) in [5.41, 5.74) is 2.06. The van der Waals surface area contributed by atoms with Gasteiger partial charge in [-0.3, -0.25) is 10.6 Å². The summed E-state index contributed by atoms with van der Waals surface area (Å²) in [4.78, 5) is 46.0. The predicted octanol–water partition coefficient (Wildman–Crippen LogP) is 3.33. The van der Waals surface area contributed by atoms with Crippen LogP contribution in [0.5, 0.6) is 0 Å². The van der Waals surface area contributed by atoms with E-state index in [0.717, 1.165) is 0 Å². The van der Waals surface area contributed by atoms with Gasteiger partial charge in [0.05, 0.1) is 0 Å². The molecule has 0 aliphatic rings. The minimum atomic E-state index is -0.727. The van der Waals surface area contributed by atoms with Crippen LogP contribution >= 0.6 is 0 Å². The predicted molar refractivity (Wildman–Crippen MR) is 113 cm³/mol. The number of hydrogen-bond acceptors (Lipinski definition) is 8. The number of anilines is 2. The first kappa shape index (κ1) is 25.2. The quantitative estimate of drug-likeness (QED) is 0.248. The van der Waals surface area contributed by atoms with Crippen LogP contribution in [0.3, 0.4) is 0 Å². The van der Waals surface area contributed by atoms with Crippen LogP contribution in [-0.2, 0) is 28.5 Å². The number of carbonyl (C=O) groups excluding carboxylic acids is 4. The van der Waals surface area contributed by atoms with E-state index in [1.165, 1.54) is 13.8 Å². The van der Waals surface area contributed by atoms with Gasteiger partial charge in [0.15, 0.2) is 0 Å². The molecule has 0 saturated heterocycles. The summed E-state index contributed by atoms with van der Waals surface area (Å²) < 4.78 is 19.5. The monoisotopic (exact) mass is 434 g/mol. The number of rotatable bonds is 10. The third kappa shape index (κ3) is 9.97. The Morgan fingerprint density at radius 2 is 1.23 bits per heavy atom. The van der Waals surface area contributed by atoms with Crippen molar-refractivity contribution >= 4 is 35.5 Å². The third-order valence-corrected chi connectivity index (χ3v) is 3.51. The van der Waals surface area contributed by atoms with Gasteiger partial charge in [-0.15, -0.1) is 0 Å². The van der Waals surface area contributed by atoms with Crippen molar-refractivity contribution in [1.82, 2.24) is 0 Å². The van der Waals surface area contributed by atoms with Gasteiger partial charge in [-0.1, -0.05) is 13.2 Å². The van der Waals surface area contributed by atoms with Crippen molar-refractivity contribution in [2.24, 2.45) is 0 Å². The molecule has 1 aromatic rings. The van der Waals surface area contributed by atoms with Gasteiger partial charge in [-0.2, -0.15) is 0 Å². The Labute approximate surface area is 180 Å². The Bertz CT molecular complexity index is 863. The highest BCUT2D eigenvalue weighted by molar-refractivity contribution is 5.89. The second-order valence-electron chi connectivity index (χ2n) is 6.38. The fourth-order valence-electron chi connectivity index (χ4n) is 1.97. The second-order valence-corrected chi connectivity index (χ2v) is 6.38. The molecule has 0 saturated carbocycles. The second kappa shape index (κ2) is 12.7. The number of amides is 2. The van der Waals surface area contributed by atoms with Gasteiger partial charge < -0.3 is 18.9 Å². The molecule has 2 N–H and O–H groups in total. The molecule has 10 nitrogen and oxygen atoms in total. The summed E-state index contributed by atoms with van der Waals surface area (Å²) in [6.45, 7) is 11.2. The van der Waals surface area contributed by atoms with Crippen LogP contribution in [0.4, 0.5) is 21.0 Å². The van der Waals surface area contributed by atoms with E-state index in [1.807, 2.05) is 0 Å². The lowest BCUT2D eigenvalue weighted by molar-refractivity contribution is -0.140. The number of nitrogens with one attached hydrogen (secondary N) is 2. The average Bonchev–Trinajstić information content (AvgIpc) is 2.70. The van der Waals surface area contributed by atoms with Crippen molar-refractivity contribution in [1.29, 1.82) is 0 Å². The number of esters is 2. The van der Waals surface area contributed by atoms with Gasteiger partial charge in [0.2, 0.25) is 0 Å². The number of hydrogen-bond donors (Lipinski definition) is 2. The van der Waals surface area contributed by atoms with Crippen molar-refractivity contribution in [2.45, 2.75) is 20.8 Å². The van der Waals surface area contributed by atoms with Gasteiger partial charge in [0.1, 0.15) is 26.4 Å². The zero-order chi connectivity index (χ0) is 23.4. The molecule has 0 spiro atoms. The summed E-state index contributed by atoms with van der Waals surface area (Å²) in [5, 5.41) is 5.06. The number of ether oxygens (including phenoxy) is 4. The molecule has 0 aromatic heterocycles. The van der Waals surface area contributed by atoms with E-state index in [4.69, 9.17) is 18.9 Å². The van der Waals surface area contributed by atoms with E-state index in [9.17, 15) is 19.2 Å². The highest BCUT2D eigenvalue weighted by atomic mass is 16.6. The highest BCUT2D eigenvalue weighted by Crippen LogP contribution is 2.20. The largest absolute Gasteiger partial charge is 0.459 e. The summed E-state index contributed by atoms with van der Waals surface area (Å²) >= 11 is 0. The topological polar surface area (TPSA) is 129 Å². The zero-order valence-corrected chi connectivity index (χ0v) is 17.7. The molecule has 0 unspecified atom stereocenters. The molecule has 0 aliphatic heterocycles. The molecule has 0 heterocycles. The van der Waals surface area contributed by atoms with E-state index >= 15 is 0 Å². The maximum atomic E-state index is 11.8. The first-order chi connectivity index (χ1) is 14.6. The first-order valence-electron chi connectivity index (χ1n) is 9.23. The van der Waals surface area contributed by atoms with E-state index < -0.39 is 24.1 Å². The maximum absolute atomic E-state index is 11.8. The van der Waals surface area contributed by atoms with Crippen molar-refractivity contribution in [3.63, 3.8) is 0 Å². The Morgan fingerprint density at radius 3 is 1.68 bits per heavy atom. The molecule has 0 aliphatic carbocycles. The summed E-state index contributed by atoms with van der Waals surface area (Å²) in [7, 11) is 0. The molecular formula is C21H26N2O8. The maximum Gasteiger partial charge on any atom is 0.411 e. The van der Waals surface area contributed by atoms with Crippen LogP contribution in [0.1, 0.15) is 19.4 Å². The van der Waals surface area contributed by atoms with Gasteiger partial charge in [-0.25, -0.2) is 19.2 Å². The SMILES string of the molecule is C=C(C)C(=O)OCCOC(=O)Nc1ccc(NC(=O)OCCOC(=O)C(=C)C)c(C)c1. The summed E-state index contributed by atoms with van der Waals surface area (Å²) in [6.07, 6.45) is -1.45. The van der Waals surface area contributed by atoms with Crippen LogP contribution in [-0.4, -0.2) is 50.6 Å². The summed E-state index contributed by atoms with van der Waals surface area (Å²) in [5.74, 6) is -1.12. The molecule has 168 valence electrons. The van der Waals surface area contributed by atoms with Gasteiger partial charge in [0.25, 0.3) is 0 Å². The Morgan fingerprint density at radius 1 is 0.774 bits per heavy atom. The molecular weight excluding hydrogens is 408 g/mol. The lowest BCUT2D eigenvalue weighted by Gasteiger charge is -2.12. The molecule has 0 bridgehead atoms.